The first-order chi connectivity index (χ1) is 23.5. The zero-order chi connectivity index (χ0) is 36.2. The Hall–Kier alpha value is -5.52. The van der Waals surface area contributed by atoms with E-state index in [1.54, 1.807) is 90.9 Å². The van der Waals surface area contributed by atoms with E-state index >= 15 is 0 Å². The zero-order valence-corrected chi connectivity index (χ0v) is 29.2. The average Bonchev–Trinajstić information content (AvgIpc) is 3.25. The lowest BCUT2D eigenvalue weighted by Crippen LogP contribution is -2.46. The summed E-state index contributed by atoms with van der Waals surface area (Å²) in [7, 11) is 0. The van der Waals surface area contributed by atoms with Gasteiger partial charge in [-0.2, -0.15) is 0 Å². The number of carbonyl (C=O) groups is 3. The van der Waals surface area contributed by atoms with Crippen LogP contribution < -0.4 is 29.7 Å². The van der Waals surface area contributed by atoms with Crippen molar-refractivity contribution in [2.75, 3.05) is 13.2 Å². The molecule has 5 rings (SSSR count). The lowest BCUT2D eigenvalue weighted by atomic mass is 10.0. The van der Waals surface area contributed by atoms with Crippen molar-refractivity contribution in [2.45, 2.75) is 78.6 Å². The number of hydrogen-bond donors (Lipinski definition) is 1. The Bertz CT molecular complexity index is 1950. The predicted molar refractivity (Wildman–Crippen MR) is 184 cm³/mol. The zero-order valence-electron chi connectivity index (χ0n) is 29.2. The van der Waals surface area contributed by atoms with Crippen molar-refractivity contribution in [1.29, 1.82) is 0 Å². The van der Waals surface area contributed by atoms with Crippen LogP contribution >= 0.6 is 0 Å². The fourth-order valence-corrected chi connectivity index (χ4v) is 5.13. The number of aryl methyl sites for hydroxylation is 1. The van der Waals surface area contributed by atoms with Gasteiger partial charge in [0.25, 0.3) is 0 Å². The molecule has 12 heteroatoms. The highest BCUT2D eigenvalue weighted by Crippen LogP contribution is 2.35. The molecule has 1 amide bonds. The highest BCUT2D eigenvalue weighted by molar-refractivity contribution is 5.87. The van der Waals surface area contributed by atoms with Crippen LogP contribution in [0.25, 0.3) is 22.1 Å². The maximum atomic E-state index is 13.7. The van der Waals surface area contributed by atoms with Crippen molar-refractivity contribution in [3.05, 3.63) is 82.2 Å². The van der Waals surface area contributed by atoms with Gasteiger partial charge in [-0.05, 0) is 96.0 Å². The molecule has 4 aromatic rings. The molecule has 0 saturated carbocycles. The molecule has 0 aliphatic carbocycles. The third-order valence-electron chi connectivity index (χ3n) is 7.22. The molecule has 264 valence electrons. The Morgan fingerprint density at radius 1 is 0.800 bits per heavy atom. The number of nitrogens with one attached hydrogen (secondary N) is 1. The molecule has 0 radical (unpaired) electrons. The molecule has 3 aromatic carbocycles. The van der Waals surface area contributed by atoms with Gasteiger partial charge < -0.3 is 38.2 Å². The Kier molecular flexibility index (Phi) is 10.4. The summed E-state index contributed by atoms with van der Waals surface area (Å²) in [4.78, 5) is 52.0. The van der Waals surface area contributed by atoms with Crippen LogP contribution in [0.5, 0.6) is 23.0 Å². The number of benzene rings is 3. The summed E-state index contributed by atoms with van der Waals surface area (Å²) in [6.45, 7) is 13.0. The van der Waals surface area contributed by atoms with Gasteiger partial charge in [0.2, 0.25) is 5.43 Å². The van der Waals surface area contributed by atoms with Crippen molar-refractivity contribution < 1.29 is 47.2 Å². The molecule has 1 unspecified atom stereocenters. The average molecular weight is 688 g/mol. The molecule has 1 atom stereocenters. The largest absolute Gasteiger partial charge is 0.514 e. The van der Waals surface area contributed by atoms with E-state index in [4.69, 9.17) is 32.8 Å². The highest BCUT2D eigenvalue weighted by Gasteiger charge is 2.27. The lowest BCUT2D eigenvalue weighted by Gasteiger charge is -2.23. The SMILES string of the molecule is Cc1oc2cc(OC(=O)C(Cc3ccc(OC(=O)OC(C)(C)C)cc3)NC(=O)OC(C)(C)C)ccc2c(=O)c1-c1ccc2c(c1)OCCCO2. The van der Waals surface area contributed by atoms with Gasteiger partial charge >= 0.3 is 18.2 Å². The minimum absolute atomic E-state index is 0.0193. The number of fused-ring (bicyclic) bond motifs is 2. The summed E-state index contributed by atoms with van der Waals surface area (Å²) in [6, 6.07) is 15.0. The smallest absolute Gasteiger partial charge is 0.490 e. The summed E-state index contributed by atoms with van der Waals surface area (Å²) in [5.74, 6) is 1.09. The molecule has 1 N–H and O–H groups in total. The third-order valence-corrected chi connectivity index (χ3v) is 7.22. The molecule has 1 aliphatic rings. The van der Waals surface area contributed by atoms with Crippen LogP contribution in [0.4, 0.5) is 9.59 Å². The number of alkyl carbamates (subject to hydrolysis) is 1. The summed E-state index contributed by atoms with van der Waals surface area (Å²) in [5.41, 5.74) is 0.0456. The molecule has 12 nitrogen and oxygen atoms in total. The van der Waals surface area contributed by atoms with Crippen molar-refractivity contribution >= 4 is 29.2 Å². The van der Waals surface area contributed by atoms with Crippen molar-refractivity contribution in [1.82, 2.24) is 5.32 Å². The molecule has 0 bridgehead atoms. The van der Waals surface area contributed by atoms with Crippen LogP contribution in [0.15, 0.2) is 69.9 Å². The standard InChI is InChI=1S/C38H41NO11/c1-22-32(24-11-16-29-31(20-24)45-18-8-17-44-29)33(40)27-15-14-26(21-30(27)46-22)47-34(41)28(39-35(42)49-37(2,3)4)19-23-9-12-25(13-10-23)48-36(43)50-38(5,6)7/h9-16,20-21,28H,8,17-19H2,1-7H3,(H,39,42). The second-order valence-electron chi connectivity index (χ2n) is 13.8. The first kappa shape index (κ1) is 35.8. The molecule has 2 heterocycles. The van der Waals surface area contributed by atoms with Gasteiger partial charge in [0.05, 0.1) is 24.2 Å². The first-order valence-electron chi connectivity index (χ1n) is 16.2. The maximum Gasteiger partial charge on any atom is 0.514 e. The monoisotopic (exact) mass is 687 g/mol. The molecular formula is C38H41NO11. The minimum atomic E-state index is -1.17. The van der Waals surface area contributed by atoms with Gasteiger partial charge in [0.1, 0.15) is 40.1 Å². The maximum absolute atomic E-state index is 13.7. The van der Waals surface area contributed by atoms with Gasteiger partial charge in [-0.25, -0.2) is 14.4 Å². The van der Waals surface area contributed by atoms with Crippen LogP contribution in [0.2, 0.25) is 0 Å². The Balaban J connectivity index is 1.36. The van der Waals surface area contributed by atoms with Crippen LogP contribution in [-0.4, -0.2) is 48.7 Å². The van der Waals surface area contributed by atoms with Crippen molar-refractivity contribution in [3.8, 4) is 34.1 Å². The predicted octanol–water partition coefficient (Wildman–Crippen LogP) is 7.29. The molecule has 0 fully saturated rings. The van der Waals surface area contributed by atoms with E-state index in [1.807, 2.05) is 0 Å². The second kappa shape index (κ2) is 14.5. The lowest BCUT2D eigenvalue weighted by molar-refractivity contribution is -0.136. The molecule has 1 aliphatic heterocycles. The molecule has 0 saturated heterocycles. The Morgan fingerprint density at radius 3 is 2.14 bits per heavy atom. The van der Waals surface area contributed by atoms with Crippen molar-refractivity contribution in [2.24, 2.45) is 0 Å². The van der Waals surface area contributed by atoms with Gasteiger partial charge in [0, 0.05) is 18.9 Å². The fraction of sp³-hybridized carbons (Fsp3) is 0.368. The molecule has 50 heavy (non-hydrogen) atoms. The topological polar surface area (TPSA) is 149 Å². The molecule has 0 spiro atoms. The number of carbonyl (C=O) groups excluding carboxylic acids is 3. The van der Waals surface area contributed by atoms with Gasteiger partial charge in [-0.1, -0.05) is 18.2 Å². The number of ether oxygens (including phenoxy) is 6. The van der Waals surface area contributed by atoms with Crippen molar-refractivity contribution in [3.63, 3.8) is 0 Å². The number of esters is 1. The number of amides is 1. The summed E-state index contributed by atoms with van der Waals surface area (Å²) in [6.07, 6.45) is -0.890. The van der Waals surface area contributed by atoms with Crippen LogP contribution in [-0.2, 0) is 20.7 Å². The second-order valence-corrected chi connectivity index (χ2v) is 13.8. The first-order valence-corrected chi connectivity index (χ1v) is 16.2. The van der Waals surface area contributed by atoms with Gasteiger partial charge in [0.15, 0.2) is 11.5 Å². The highest BCUT2D eigenvalue weighted by atomic mass is 16.7. The Labute approximate surface area is 289 Å². The fourth-order valence-electron chi connectivity index (χ4n) is 5.13. The van der Waals surface area contributed by atoms with Crippen LogP contribution in [0.1, 0.15) is 59.3 Å². The normalized spacial score (nSPS) is 13.5. The number of hydrogen-bond acceptors (Lipinski definition) is 11. The summed E-state index contributed by atoms with van der Waals surface area (Å²) in [5, 5.41) is 2.87. The molecule has 1 aromatic heterocycles. The van der Waals surface area contributed by atoms with E-state index in [0.717, 1.165) is 6.42 Å². The van der Waals surface area contributed by atoms with E-state index in [0.29, 0.717) is 47.2 Å². The van der Waals surface area contributed by atoms with E-state index in [-0.39, 0.29) is 34.3 Å². The summed E-state index contributed by atoms with van der Waals surface area (Å²) >= 11 is 0. The van der Waals surface area contributed by atoms with E-state index < -0.39 is 35.5 Å². The third kappa shape index (κ3) is 9.34. The van der Waals surface area contributed by atoms with Gasteiger partial charge in [-0.15, -0.1) is 0 Å². The van der Waals surface area contributed by atoms with Gasteiger partial charge in [-0.3, -0.25) is 4.79 Å². The summed E-state index contributed by atoms with van der Waals surface area (Å²) < 4.78 is 39.1. The quantitative estimate of drug-likeness (QED) is 0.119. The van der Waals surface area contributed by atoms with E-state index in [1.165, 1.54) is 18.2 Å². The van der Waals surface area contributed by atoms with Crippen LogP contribution in [0.3, 0.4) is 0 Å². The Morgan fingerprint density at radius 2 is 1.46 bits per heavy atom. The van der Waals surface area contributed by atoms with E-state index in [9.17, 15) is 19.2 Å². The minimum Gasteiger partial charge on any atom is -0.490 e. The van der Waals surface area contributed by atoms with E-state index in [2.05, 4.69) is 5.32 Å². The number of rotatable bonds is 7. The molecular weight excluding hydrogens is 646 g/mol. The van der Waals surface area contributed by atoms with Crippen LogP contribution in [0, 0.1) is 6.92 Å².